The second-order valence-corrected chi connectivity index (χ2v) is 4.12. The average Bonchev–Trinajstić information content (AvgIpc) is 2.77. The fourth-order valence-corrected chi connectivity index (χ4v) is 1.93. The maximum Gasteiger partial charge on any atom is 0.324 e. The van der Waals surface area contributed by atoms with E-state index in [1.54, 1.807) is 0 Å². The third-order valence-corrected chi connectivity index (χ3v) is 2.86. The number of hydrogen-bond acceptors (Lipinski definition) is 2. The first-order valence-electron chi connectivity index (χ1n) is 5.89. The molecule has 0 aliphatic carbocycles. The Balaban J connectivity index is 1.75. The van der Waals surface area contributed by atoms with Crippen LogP contribution in [0.1, 0.15) is 18.4 Å². The molecule has 0 bridgehead atoms. The van der Waals surface area contributed by atoms with E-state index in [1.807, 2.05) is 30.3 Å². The van der Waals surface area contributed by atoms with Crippen LogP contribution in [0.3, 0.4) is 0 Å². The zero-order valence-electron chi connectivity index (χ0n) is 9.69. The van der Waals surface area contributed by atoms with Crippen LogP contribution in [-0.4, -0.2) is 29.9 Å². The Hall–Kier alpha value is -1.84. The van der Waals surface area contributed by atoms with E-state index in [2.05, 4.69) is 5.32 Å². The lowest BCUT2D eigenvalue weighted by Crippen LogP contribution is -2.34. The molecule has 0 aromatic heterocycles. The van der Waals surface area contributed by atoms with Crippen LogP contribution >= 0.6 is 0 Å². The lowest BCUT2D eigenvalue weighted by molar-refractivity contribution is -0.127. The van der Waals surface area contributed by atoms with Crippen molar-refractivity contribution in [2.75, 3.05) is 13.1 Å². The van der Waals surface area contributed by atoms with Crippen molar-refractivity contribution in [3.05, 3.63) is 35.9 Å². The number of urea groups is 1. The summed E-state index contributed by atoms with van der Waals surface area (Å²) in [4.78, 5) is 24.3. The normalized spacial score (nSPS) is 14.8. The fourth-order valence-electron chi connectivity index (χ4n) is 1.93. The average molecular weight is 232 g/mol. The van der Waals surface area contributed by atoms with Crippen molar-refractivity contribution in [2.24, 2.45) is 0 Å². The molecule has 1 fully saturated rings. The predicted octanol–water partition coefficient (Wildman–Crippen LogP) is 1.56. The Morgan fingerprint density at radius 1 is 1.29 bits per heavy atom. The summed E-state index contributed by atoms with van der Waals surface area (Å²) in [5, 5.41) is 2.62. The molecule has 0 spiro atoms. The summed E-state index contributed by atoms with van der Waals surface area (Å²) in [7, 11) is 0. The summed E-state index contributed by atoms with van der Waals surface area (Å²) in [5.74, 6) is -0.0732. The molecule has 1 aliphatic rings. The van der Waals surface area contributed by atoms with Gasteiger partial charge in [0.1, 0.15) is 0 Å². The molecule has 0 atom stereocenters. The summed E-state index contributed by atoms with van der Waals surface area (Å²) in [6, 6.07) is 9.80. The van der Waals surface area contributed by atoms with Gasteiger partial charge in [-0.15, -0.1) is 0 Å². The lowest BCUT2D eigenvalue weighted by atomic mass is 10.1. The molecule has 0 saturated carbocycles. The van der Waals surface area contributed by atoms with Crippen LogP contribution in [0.15, 0.2) is 30.3 Å². The minimum Gasteiger partial charge on any atom is -0.336 e. The van der Waals surface area contributed by atoms with Gasteiger partial charge in [-0.05, 0) is 18.4 Å². The van der Waals surface area contributed by atoms with Crippen molar-refractivity contribution in [1.82, 2.24) is 10.2 Å². The summed E-state index contributed by atoms with van der Waals surface area (Å²) in [5.41, 5.74) is 1.23. The maximum atomic E-state index is 11.7. The van der Waals surface area contributed by atoms with E-state index in [-0.39, 0.29) is 11.9 Å². The second kappa shape index (κ2) is 5.48. The number of hydrogen-bond donors (Lipinski definition) is 1. The van der Waals surface area contributed by atoms with Gasteiger partial charge in [-0.25, -0.2) is 4.79 Å². The Morgan fingerprint density at radius 3 is 2.71 bits per heavy atom. The Labute approximate surface area is 101 Å². The fraction of sp³-hybridized carbons (Fsp3) is 0.385. The Morgan fingerprint density at radius 2 is 2.06 bits per heavy atom. The number of amides is 3. The maximum absolute atomic E-state index is 11.7. The number of imide groups is 1. The first kappa shape index (κ1) is 11.6. The topological polar surface area (TPSA) is 49.4 Å². The van der Waals surface area contributed by atoms with Gasteiger partial charge < -0.3 is 5.32 Å². The molecular formula is C13H16N2O2. The molecule has 1 aromatic rings. The van der Waals surface area contributed by atoms with Crippen molar-refractivity contribution in [2.45, 2.75) is 19.3 Å². The van der Waals surface area contributed by atoms with Crippen LogP contribution in [0.25, 0.3) is 0 Å². The number of rotatable bonds is 4. The third-order valence-electron chi connectivity index (χ3n) is 2.86. The standard InChI is InChI=1S/C13H16N2O2/c16-12(15-10-9-14-13(15)17)8-4-7-11-5-2-1-3-6-11/h1-3,5-6H,4,7-10H2,(H,14,17). The van der Waals surface area contributed by atoms with Gasteiger partial charge in [0.05, 0.1) is 0 Å². The van der Waals surface area contributed by atoms with Crippen molar-refractivity contribution in [3.63, 3.8) is 0 Å². The monoisotopic (exact) mass is 232 g/mol. The summed E-state index contributed by atoms with van der Waals surface area (Å²) < 4.78 is 0. The van der Waals surface area contributed by atoms with Gasteiger partial charge in [-0.1, -0.05) is 30.3 Å². The molecule has 1 saturated heterocycles. The van der Waals surface area contributed by atoms with Crippen LogP contribution < -0.4 is 5.32 Å². The summed E-state index contributed by atoms with van der Waals surface area (Å²) >= 11 is 0. The minimum absolute atomic E-state index is 0.0732. The third kappa shape index (κ3) is 3.06. The van der Waals surface area contributed by atoms with E-state index < -0.39 is 0 Å². The molecule has 3 amide bonds. The molecule has 1 aliphatic heterocycles. The predicted molar refractivity (Wildman–Crippen MR) is 64.5 cm³/mol. The SMILES string of the molecule is O=C(CCCc1ccccc1)N1CCNC1=O. The summed E-state index contributed by atoms with van der Waals surface area (Å²) in [6.07, 6.45) is 2.09. The van der Waals surface area contributed by atoms with Crippen molar-refractivity contribution in [3.8, 4) is 0 Å². The van der Waals surface area contributed by atoms with E-state index in [1.165, 1.54) is 10.5 Å². The van der Waals surface area contributed by atoms with E-state index in [0.717, 1.165) is 12.8 Å². The lowest BCUT2D eigenvalue weighted by Gasteiger charge is -2.11. The van der Waals surface area contributed by atoms with Gasteiger partial charge in [0.15, 0.2) is 0 Å². The van der Waals surface area contributed by atoms with Crippen molar-refractivity contribution >= 4 is 11.9 Å². The number of carbonyl (C=O) groups excluding carboxylic acids is 2. The highest BCUT2D eigenvalue weighted by molar-refractivity contribution is 5.95. The number of aryl methyl sites for hydroxylation is 1. The summed E-state index contributed by atoms with van der Waals surface area (Å²) in [6.45, 7) is 1.08. The molecule has 4 heteroatoms. The van der Waals surface area contributed by atoms with Gasteiger partial charge in [-0.3, -0.25) is 9.69 Å². The Kier molecular flexibility index (Phi) is 3.75. The van der Waals surface area contributed by atoms with Crippen LogP contribution in [0.2, 0.25) is 0 Å². The van der Waals surface area contributed by atoms with Gasteiger partial charge in [0.25, 0.3) is 0 Å². The number of benzene rings is 1. The first-order valence-corrected chi connectivity index (χ1v) is 5.89. The van der Waals surface area contributed by atoms with Gasteiger partial charge in [-0.2, -0.15) is 0 Å². The van der Waals surface area contributed by atoms with Crippen LogP contribution in [0.5, 0.6) is 0 Å². The van der Waals surface area contributed by atoms with Crippen LogP contribution in [-0.2, 0) is 11.2 Å². The molecule has 1 N–H and O–H groups in total. The Bertz CT molecular complexity index is 403. The number of nitrogens with zero attached hydrogens (tertiary/aromatic N) is 1. The second-order valence-electron chi connectivity index (χ2n) is 4.12. The van der Waals surface area contributed by atoms with E-state index in [4.69, 9.17) is 0 Å². The molecule has 1 aromatic carbocycles. The molecule has 2 rings (SSSR count). The van der Waals surface area contributed by atoms with E-state index in [9.17, 15) is 9.59 Å². The molecule has 4 nitrogen and oxygen atoms in total. The molecule has 17 heavy (non-hydrogen) atoms. The van der Waals surface area contributed by atoms with Gasteiger partial charge in [0.2, 0.25) is 5.91 Å². The smallest absolute Gasteiger partial charge is 0.324 e. The quantitative estimate of drug-likeness (QED) is 0.856. The van der Waals surface area contributed by atoms with E-state index >= 15 is 0 Å². The zero-order valence-corrected chi connectivity index (χ0v) is 9.69. The minimum atomic E-state index is -0.255. The van der Waals surface area contributed by atoms with Gasteiger partial charge in [0, 0.05) is 19.5 Å². The van der Waals surface area contributed by atoms with Gasteiger partial charge >= 0.3 is 6.03 Å². The first-order chi connectivity index (χ1) is 8.27. The number of carbonyl (C=O) groups is 2. The zero-order chi connectivity index (χ0) is 12.1. The van der Waals surface area contributed by atoms with Crippen molar-refractivity contribution < 1.29 is 9.59 Å². The molecule has 0 radical (unpaired) electrons. The molecular weight excluding hydrogens is 216 g/mol. The highest BCUT2D eigenvalue weighted by Crippen LogP contribution is 2.07. The van der Waals surface area contributed by atoms with Crippen molar-refractivity contribution in [1.29, 1.82) is 0 Å². The highest BCUT2D eigenvalue weighted by atomic mass is 16.2. The number of nitrogens with one attached hydrogen (secondary N) is 1. The molecule has 0 unspecified atom stereocenters. The van der Waals surface area contributed by atoms with E-state index in [0.29, 0.717) is 19.5 Å². The largest absolute Gasteiger partial charge is 0.336 e. The highest BCUT2D eigenvalue weighted by Gasteiger charge is 2.25. The van der Waals surface area contributed by atoms with Crippen LogP contribution in [0, 0.1) is 0 Å². The molecule has 90 valence electrons. The molecule has 1 heterocycles. The van der Waals surface area contributed by atoms with Crippen LogP contribution in [0.4, 0.5) is 4.79 Å².